The molecular weight excluding hydrogens is 481 g/mol. The molecule has 2 heterocycles. The zero-order valence-corrected chi connectivity index (χ0v) is 20.9. The fourth-order valence-corrected chi connectivity index (χ4v) is 4.57. The zero-order valence-electron chi connectivity index (χ0n) is 20.9. The third kappa shape index (κ3) is 5.46. The summed E-state index contributed by atoms with van der Waals surface area (Å²) in [7, 11) is 0. The van der Waals surface area contributed by atoms with Crippen LogP contribution in [-0.2, 0) is 11.0 Å². The van der Waals surface area contributed by atoms with Crippen LogP contribution in [0.2, 0.25) is 0 Å². The molecule has 0 unspecified atom stereocenters. The standard InChI is InChI=1S/C28H29F3N4O2/c1-4-35(5-2)14-13-32-27(37)24-17(3)33-23(16-21-20-11-6-7-12-22(20)34-26(21)36)25(24)18-9-8-10-19(15-18)28(29,30)31/h6-12,15-16,33H,4-5,13-14H2,1-3H3,(H,32,37)(H,34,36). The van der Waals surface area contributed by atoms with Gasteiger partial charge in [-0.05, 0) is 49.9 Å². The van der Waals surface area contributed by atoms with Crippen LogP contribution >= 0.6 is 0 Å². The van der Waals surface area contributed by atoms with E-state index in [1.807, 2.05) is 13.8 Å². The summed E-state index contributed by atoms with van der Waals surface area (Å²) in [6, 6.07) is 12.0. The number of halogens is 3. The van der Waals surface area contributed by atoms with Crippen molar-refractivity contribution in [2.24, 2.45) is 0 Å². The number of benzene rings is 2. The van der Waals surface area contributed by atoms with Crippen molar-refractivity contribution in [1.82, 2.24) is 15.2 Å². The van der Waals surface area contributed by atoms with Crippen LogP contribution in [0.3, 0.4) is 0 Å². The molecule has 194 valence electrons. The van der Waals surface area contributed by atoms with Gasteiger partial charge in [-0.25, -0.2) is 0 Å². The Kier molecular flexibility index (Phi) is 7.54. The Morgan fingerprint density at radius 1 is 1.08 bits per heavy atom. The lowest BCUT2D eigenvalue weighted by Gasteiger charge is -2.18. The van der Waals surface area contributed by atoms with Gasteiger partial charge in [-0.1, -0.05) is 44.2 Å². The molecular formula is C28H29F3N4O2. The lowest BCUT2D eigenvalue weighted by molar-refractivity contribution is -0.137. The average Bonchev–Trinajstić information content (AvgIpc) is 3.37. The topological polar surface area (TPSA) is 77.2 Å². The molecule has 1 aromatic heterocycles. The van der Waals surface area contributed by atoms with Crippen molar-refractivity contribution < 1.29 is 22.8 Å². The molecule has 0 aliphatic carbocycles. The second kappa shape index (κ2) is 10.6. The predicted octanol–water partition coefficient (Wildman–Crippen LogP) is 5.57. The highest BCUT2D eigenvalue weighted by molar-refractivity contribution is 6.35. The zero-order chi connectivity index (χ0) is 26.7. The van der Waals surface area contributed by atoms with Crippen LogP contribution in [0.4, 0.5) is 18.9 Å². The number of carbonyl (C=O) groups excluding carboxylic acids is 2. The van der Waals surface area contributed by atoms with Crippen LogP contribution in [0.1, 0.15) is 46.7 Å². The van der Waals surface area contributed by atoms with Gasteiger partial charge in [0.25, 0.3) is 11.8 Å². The maximum absolute atomic E-state index is 13.5. The molecule has 0 radical (unpaired) electrons. The first kappa shape index (κ1) is 26.2. The summed E-state index contributed by atoms with van der Waals surface area (Å²) >= 11 is 0. The first-order chi connectivity index (χ1) is 17.6. The minimum atomic E-state index is -4.55. The van der Waals surface area contributed by atoms with Gasteiger partial charge in [0.2, 0.25) is 0 Å². The Hall–Kier alpha value is -3.85. The van der Waals surface area contributed by atoms with Crippen LogP contribution in [-0.4, -0.2) is 47.9 Å². The fourth-order valence-electron chi connectivity index (χ4n) is 4.57. The molecule has 0 saturated carbocycles. The van der Waals surface area contributed by atoms with Crippen molar-refractivity contribution in [3.63, 3.8) is 0 Å². The number of rotatable bonds is 8. The molecule has 0 spiro atoms. The maximum Gasteiger partial charge on any atom is 0.416 e. The van der Waals surface area contributed by atoms with Crippen molar-refractivity contribution in [1.29, 1.82) is 0 Å². The van der Waals surface area contributed by atoms with Crippen LogP contribution < -0.4 is 10.6 Å². The molecule has 0 saturated heterocycles. The van der Waals surface area contributed by atoms with Crippen LogP contribution in [0.15, 0.2) is 48.5 Å². The number of aromatic amines is 1. The van der Waals surface area contributed by atoms with Crippen molar-refractivity contribution in [3.05, 3.63) is 76.6 Å². The number of likely N-dealkylation sites (N-methyl/N-ethyl adjacent to an activating group) is 1. The lowest BCUT2D eigenvalue weighted by Crippen LogP contribution is -2.35. The summed E-state index contributed by atoms with van der Waals surface area (Å²) in [5, 5.41) is 5.70. The number of aryl methyl sites for hydroxylation is 1. The van der Waals surface area contributed by atoms with E-state index in [9.17, 15) is 22.8 Å². The molecule has 1 aliphatic heterocycles. The second-order valence-corrected chi connectivity index (χ2v) is 8.83. The van der Waals surface area contributed by atoms with E-state index < -0.39 is 17.6 Å². The van der Waals surface area contributed by atoms with E-state index in [2.05, 4.69) is 20.5 Å². The predicted molar refractivity (Wildman–Crippen MR) is 139 cm³/mol. The number of para-hydroxylation sites is 1. The third-order valence-corrected chi connectivity index (χ3v) is 6.53. The molecule has 37 heavy (non-hydrogen) atoms. The molecule has 2 aromatic carbocycles. The number of hydrogen-bond donors (Lipinski definition) is 3. The van der Waals surface area contributed by atoms with Gasteiger partial charge in [-0.15, -0.1) is 0 Å². The van der Waals surface area contributed by atoms with E-state index in [-0.39, 0.29) is 17.0 Å². The number of alkyl halides is 3. The second-order valence-electron chi connectivity index (χ2n) is 8.83. The number of carbonyl (C=O) groups is 2. The number of aromatic nitrogens is 1. The highest BCUT2D eigenvalue weighted by Gasteiger charge is 2.32. The summed E-state index contributed by atoms with van der Waals surface area (Å²) < 4.78 is 40.6. The number of anilines is 1. The first-order valence-electron chi connectivity index (χ1n) is 12.2. The van der Waals surface area contributed by atoms with Crippen molar-refractivity contribution in [2.75, 3.05) is 31.5 Å². The first-order valence-corrected chi connectivity index (χ1v) is 12.2. The summed E-state index contributed by atoms with van der Waals surface area (Å²) in [6.07, 6.45) is -2.95. The highest BCUT2D eigenvalue weighted by atomic mass is 19.4. The smallest absolute Gasteiger partial charge is 0.358 e. The van der Waals surface area contributed by atoms with E-state index in [1.54, 1.807) is 37.3 Å². The summed E-state index contributed by atoms with van der Waals surface area (Å²) in [4.78, 5) is 31.4. The SMILES string of the molecule is CCN(CC)CCNC(=O)c1c(C)[nH]c(C=C2C(=O)Nc3ccccc32)c1-c1cccc(C(F)(F)F)c1. The molecule has 4 rings (SSSR count). The minimum absolute atomic E-state index is 0.228. The maximum atomic E-state index is 13.5. The molecule has 2 amide bonds. The molecule has 3 N–H and O–H groups in total. The molecule has 9 heteroatoms. The van der Waals surface area contributed by atoms with Crippen molar-refractivity contribution >= 4 is 29.2 Å². The van der Waals surface area contributed by atoms with Gasteiger partial charge in [-0.2, -0.15) is 13.2 Å². The van der Waals surface area contributed by atoms with Crippen LogP contribution in [0, 0.1) is 6.92 Å². The Morgan fingerprint density at radius 3 is 2.51 bits per heavy atom. The Labute approximate surface area is 213 Å². The van der Waals surface area contributed by atoms with E-state index in [1.165, 1.54) is 12.1 Å². The van der Waals surface area contributed by atoms with Crippen LogP contribution in [0.5, 0.6) is 0 Å². The third-order valence-electron chi connectivity index (χ3n) is 6.53. The Bertz CT molecular complexity index is 1350. The van der Waals surface area contributed by atoms with E-state index in [0.29, 0.717) is 46.9 Å². The fraction of sp³-hybridized carbons (Fsp3) is 0.286. The van der Waals surface area contributed by atoms with Gasteiger partial charge in [0.1, 0.15) is 0 Å². The quantitative estimate of drug-likeness (QED) is 0.347. The van der Waals surface area contributed by atoms with Gasteiger partial charge >= 0.3 is 6.18 Å². The normalized spacial score (nSPS) is 14.2. The molecule has 0 fully saturated rings. The van der Waals surface area contributed by atoms with Gasteiger partial charge in [0.15, 0.2) is 0 Å². The molecule has 0 bridgehead atoms. The monoisotopic (exact) mass is 510 g/mol. The molecule has 6 nitrogen and oxygen atoms in total. The van der Waals surface area contributed by atoms with Gasteiger partial charge in [0, 0.05) is 41.3 Å². The molecule has 1 aliphatic rings. The van der Waals surface area contributed by atoms with Gasteiger partial charge in [-0.3, -0.25) is 9.59 Å². The molecule has 0 atom stereocenters. The van der Waals surface area contributed by atoms with E-state index >= 15 is 0 Å². The lowest BCUT2D eigenvalue weighted by atomic mass is 9.96. The van der Waals surface area contributed by atoms with Crippen LogP contribution in [0.25, 0.3) is 22.8 Å². The summed E-state index contributed by atoms with van der Waals surface area (Å²) in [5.41, 5.74) is 2.53. The number of nitrogens with one attached hydrogen (secondary N) is 3. The van der Waals surface area contributed by atoms with E-state index in [0.717, 1.165) is 25.2 Å². The highest BCUT2D eigenvalue weighted by Crippen LogP contribution is 2.39. The van der Waals surface area contributed by atoms with Gasteiger partial charge < -0.3 is 20.5 Å². The average molecular weight is 511 g/mol. The summed E-state index contributed by atoms with van der Waals surface area (Å²) in [6.45, 7) is 8.48. The van der Waals surface area contributed by atoms with E-state index in [4.69, 9.17) is 0 Å². The van der Waals surface area contributed by atoms with Crippen molar-refractivity contribution in [2.45, 2.75) is 26.9 Å². The number of fused-ring (bicyclic) bond motifs is 1. The number of hydrogen-bond acceptors (Lipinski definition) is 3. The Balaban J connectivity index is 1.82. The van der Waals surface area contributed by atoms with Gasteiger partial charge in [0.05, 0.1) is 16.7 Å². The number of amides is 2. The minimum Gasteiger partial charge on any atom is -0.358 e. The number of nitrogens with zero attached hydrogens (tertiary/aromatic N) is 1. The van der Waals surface area contributed by atoms with Crippen molar-refractivity contribution in [3.8, 4) is 11.1 Å². The number of H-pyrrole nitrogens is 1. The molecule has 3 aromatic rings. The Morgan fingerprint density at radius 2 is 1.81 bits per heavy atom. The summed E-state index contributed by atoms with van der Waals surface area (Å²) in [5.74, 6) is -0.720. The largest absolute Gasteiger partial charge is 0.416 e.